The number of amides is 1. The molecule has 6 nitrogen and oxygen atoms in total. The van der Waals surface area contributed by atoms with Crippen LogP contribution in [0.3, 0.4) is 0 Å². The Balaban J connectivity index is 1.59. The van der Waals surface area contributed by atoms with Gasteiger partial charge in [0, 0.05) is 30.4 Å². The molecule has 28 heavy (non-hydrogen) atoms. The van der Waals surface area contributed by atoms with E-state index >= 15 is 0 Å². The van der Waals surface area contributed by atoms with E-state index < -0.39 is 0 Å². The zero-order valence-corrected chi connectivity index (χ0v) is 16.7. The third kappa shape index (κ3) is 3.72. The molecular formula is C22H26N4O2. The van der Waals surface area contributed by atoms with Crippen molar-refractivity contribution in [2.45, 2.75) is 51.9 Å². The molecule has 3 aromatic rings. The van der Waals surface area contributed by atoms with Crippen LogP contribution in [-0.4, -0.2) is 20.7 Å². The molecule has 146 valence electrons. The van der Waals surface area contributed by atoms with Gasteiger partial charge in [0.05, 0.1) is 17.0 Å². The Hall–Kier alpha value is -2.89. The minimum Gasteiger partial charge on any atom is -0.444 e. The molecule has 0 unspecified atom stereocenters. The Bertz CT molecular complexity index is 996. The summed E-state index contributed by atoms with van der Waals surface area (Å²) < 4.78 is 7.29. The van der Waals surface area contributed by atoms with Gasteiger partial charge in [-0.25, -0.2) is 4.98 Å². The number of hydrogen-bond donors (Lipinski definition) is 1. The lowest BCUT2D eigenvalue weighted by molar-refractivity contribution is 0.102. The number of carbonyl (C=O) groups excluding carboxylic acids is 1. The minimum atomic E-state index is -0.118. The van der Waals surface area contributed by atoms with Gasteiger partial charge in [0.15, 0.2) is 0 Å². The average Bonchev–Trinajstić information content (AvgIpc) is 3.30. The Kier molecular flexibility index (Phi) is 5.03. The summed E-state index contributed by atoms with van der Waals surface area (Å²) in [4.78, 5) is 17.4. The smallest absolute Gasteiger partial charge is 0.259 e. The second kappa shape index (κ2) is 7.62. The lowest BCUT2D eigenvalue weighted by atomic mass is 9.85. The molecule has 1 aromatic carbocycles. The number of hydrogen-bond acceptors (Lipinski definition) is 4. The van der Waals surface area contributed by atoms with E-state index in [1.165, 1.54) is 19.3 Å². The molecule has 0 saturated heterocycles. The number of oxazole rings is 1. The fraction of sp³-hybridized carbons (Fsp3) is 0.409. The van der Waals surface area contributed by atoms with E-state index in [9.17, 15) is 4.79 Å². The normalized spacial score (nSPS) is 15.0. The van der Waals surface area contributed by atoms with Crippen LogP contribution < -0.4 is 5.32 Å². The van der Waals surface area contributed by atoms with E-state index in [-0.39, 0.29) is 5.91 Å². The first-order chi connectivity index (χ1) is 13.5. The highest BCUT2D eigenvalue weighted by Crippen LogP contribution is 2.34. The van der Waals surface area contributed by atoms with E-state index in [2.05, 4.69) is 15.4 Å². The third-order valence-electron chi connectivity index (χ3n) is 5.44. The number of aryl methyl sites for hydroxylation is 3. The van der Waals surface area contributed by atoms with Crippen LogP contribution in [0.1, 0.15) is 65.3 Å². The number of nitrogens with one attached hydrogen (secondary N) is 1. The van der Waals surface area contributed by atoms with E-state index in [4.69, 9.17) is 4.42 Å². The van der Waals surface area contributed by atoms with Crippen molar-refractivity contribution in [3.63, 3.8) is 0 Å². The first-order valence-electron chi connectivity index (χ1n) is 9.89. The van der Waals surface area contributed by atoms with Crippen molar-refractivity contribution >= 4 is 11.6 Å². The van der Waals surface area contributed by atoms with Crippen LogP contribution in [0.4, 0.5) is 5.69 Å². The van der Waals surface area contributed by atoms with Gasteiger partial charge in [0.25, 0.3) is 5.91 Å². The molecule has 0 aliphatic heterocycles. The van der Waals surface area contributed by atoms with Crippen LogP contribution in [0.15, 0.2) is 35.1 Å². The summed E-state index contributed by atoms with van der Waals surface area (Å²) in [7, 11) is 1.87. The van der Waals surface area contributed by atoms with E-state index in [0.717, 1.165) is 41.0 Å². The van der Waals surface area contributed by atoms with Gasteiger partial charge in [-0.15, -0.1) is 0 Å². The van der Waals surface area contributed by atoms with Gasteiger partial charge in [-0.1, -0.05) is 25.3 Å². The molecule has 0 radical (unpaired) electrons. The molecular weight excluding hydrogens is 352 g/mol. The van der Waals surface area contributed by atoms with Gasteiger partial charge >= 0.3 is 0 Å². The second-order valence-corrected chi connectivity index (χ2v) is 7.71. The van der Waals surface area contributed by atoms with Gasteiger partial charge < -0.3 is 9.73 Å². The van der Waals surface area contributed by atoms with E-state index in [1.807, 2.05) is 45.3 Å². The predicted molar refractivity (Wildman–Crippen MR) is 108 cm³/mol. The Morgan fingerprint density at radius 3 is 2.71 bits per heavy atom. The van der Waals surface area contributed by atoms with E-state index in [0.29, 0.717) is 17.4 Å². The molecule has 1 amide bonds. The molecule has 6 heteroatoms. The maximum Gasteiger partial charge on any atom is 0.259 e. The maximum atomic E-state index is 13.0. The first kappa shape index (κ1) is 18.5. The standard InChI is InChI=1S/C22H26N4O2/c1-14-9-10-17(11-18(14)22-23-15(2)13-28-22)24-21(27)19-12-26(3)25-20(19)16-7-5-4-6-8-16/h9-13,16H,4-8H2,1-3H3,(H,24,27). The lowest BCUT2D eigenvalue weighted by Crippen LogP contribution is -2.16. The van der Waals surface area contributed by atoms with Crippen molar-refractivity contribution in [2.75, 3.05) is 5.32 Å². The van der Waals surface area contributed by atoms with Gasteiger partial charge in [-0.05, 0) is 44.4 Å². The van der Waals surface area contributed by atoms with Crippen molar-refractivity contribution in [3.8, 4) is 11.5 Å². The molecule has 2 heterocycles. The molecule has 1 N–H and O–H groups in total. The number of aromatic nitrogens is 3. The minimum absolute atomic E-state index is 0.118. The summed E-state index contributed by atoms with van der Waals surface area (Å²) >= 11 is 0. The van der Waals surface area contributed by atoms with E-state index in [1.54, 1.807) is 10.9 Å². The van der Waals surface area contributed by atoms with Crippen molar-refractivity contribution < 1.29 is 9.21 Å². The average molecular weight is 378 g/mol. The summed E-state index contributed by atoms with van der Waals surface area (Å²) in [6.45, 7) is 3.89. The van der Waals surface area contributed by atoms with Crippen molar-refractivity contribution in [1.29, 1.82) is 0 Å². The quantitative estimate of drug-likeness (QED) is 0.694. The lowest BCUT2D eigenvalue weighted by Gasteiger charge is -2.20. The van der Waals surface area contributed by atoms with Gasteiger partial charge in [0.1, 0.15) is 6.26 Å². The molecule has 0 bridgehead atoms. The van der Waals surface area contributed by atoms with Crippen LogP contribution in [0.2, 0.25) is 0 Å². The third-order valence-corrected chi connectivity index (χ3v) is 5.44. The number of anilines is 1. The van der Waals surface area contributed by atoms with Crippen LogP contribution in [0, 0.1) is 13.8 Å². The molecule has 4 rings (SSSR count). The predicted octanol–water partition coefficient (Wildman–Crippen LogP) is 4.99. The topological polar surface area (TPSA) is 73.0 Å². The largest absolute Gasteiger partial charge is 0.444 e. The monoisotopic (exact) mass is 378 g/mol. The fourth-order valence-electron chi connectivity index (χ4n) is 3.96. The number of benzene rings is 1. The molecule has 1 aliphatic carbocycles. The van der Waals surface area contributed by atoms with Gasteiger partial charge in [0.2, 0.25) is 5.89 Å². The first-order valence-corrected chi connectivity index (χ1v) is 9.89. The summed E-state index contributed by atoms with van der Waals surface area (Å²) in [6, 6.07) is 5.79. The van der Waals surface area contributed by atoms with Crippen LogP contribution in [-0.2, 0) is 7.05 Å². The molecule has 0 atom stereocenters. The number of nitrogens with zero attached hydrogens (tertiary/aromatic N) is 3. The van der Waals surface area contributed by atoms with Crippen molar-refractivity contribution in [3.05, 3.63) is 53.2 Å². The van der Waals surface area contributed by atoms with Crippen LogP contribution >= 0.6 is 0 Å². The molecule has 2 aromatic heterocycles. The Morgan fingerprint density at radius 2 is 2.00 bits per heavy atom. The molecule has 0 spiro atoms. The zero-order valence-electron chi connectivity index (χ0n) is 16.7. The maximum absolute atomic E-state index is 13.0. The highest BCUT2D eigenvalue weighted by Gasteiger charge is 2.25. The van der Waals surface area contributed by atoms with Gasteiger partial charge in [-0.3, -0.25) is 9.48 Å². The zero-order chi connectivity index (χ0) is 19.7. The summed E-state index contributed by atoms with van der Waals surface area (Å²) in [5.41, 5.74) is 5.07. The summed E-state index contributed by atoms with van der Waals surface area (Å²) in [5, 5.41) is 7.64. The molecule has 1 saturated carbocycles. The summed E-state index contributed by atoms with van der Waals surface area (Å²) in [6.07, 6.45) is 9.36. The Morgan fingerprint density at radius 1 is 1.21 bits per heavy atom. The summed E-state index contributed by atoms with van der Waals surface area (Å²) in [5.74, 6) is 0.821. The molecule has 1 aliphatic rings. The molecule has 1 fully saturated rings. The fourth-order valence-corrected chi connectivity index (χ4v) is 3.96. The number of rotatable bonds is 4. The van der Waals surface area contributed by atoms with Gasteiger partial charge in [-0.2, -0.15) is 5.10 Å². The highest BCUT2D eigenvalue weighted by atomic mass is 16.3. The SMILES string of the molecule is Cc1coc(-c2cc(NC(=O)c3cn(C)nc3C3CCCCC3)ccc2C)n1. The van der Waals surface area contributed by atoms with Crippen molar-refractivity contribution in [1.82, 2.24) is 14.8 Å². The van der Waals surface area contributed by atoms with Crippen LogP contribution in [0.25, 0.3) is 11.5 Å². The Labute approximate surface area is 165 Å². The highest BCUT2D eigenvalue weighted by molar-refractivity contribution is 6.05. The number of carbonyl (C=O) groups is 1. The second-order valence-electron chi connectivity index (χ2n) is 7.71. The van der Waals surface area contributed by atoms with Crippen LogP contribution in [0.5, 0.6) is 0 Å². The van der Waals surface area contributed by atoms with Crippen molar-refractivity contribution in [2.24, 2.45) is 7.05 Å².